The van der Waals surface area contributed by atoms with Gasteiger partial charge in [-0.05, 0) is 59.8 Å². The first-order valence-corrected chi connectivity index (χ1v) is 11.8. The number of amides is 1. The molecule has 3 rings (SSSR count). The number of hydrogen-bond acceptors (Lipinski definition) is 5. The second-order valence-corrected chi connectivity index (χ2v) is 9.78. The van der Waals surface area contributed by atoms with E-state index in [1.54, 1.807) is 30.9 Å². The number of anilines is 1. The summed E-state index contributed by atoms with van der Waals surface area (Å²) in [5, 5.41) is 0. The third-order valence-electron chi connectivity index (χ3n) is 5.25. The molecular weight excluding hydrogens is 448 g/mol. The summed E-state index contributed by atoms with van der Waals surface area (Å²) in [4.78, 5) is 26.1. The van der Waals surface area contributed by atoms with Crippen LogP contribution in [0.4, 0.5) is 5.69 Å². The highest BCUT2D eigenvalue weighted by Crippen LogP contribution is 2.37. The maximum atomic E-state index is 13.3. The number of benzene rings is 1. The van der Waals surface area contributed by atoms with Gasteiger partial charge >= 0.3 is 5.97 Å². The van der Waals surface area contributed by atoms with E-state index in [2.05, 4.69) is 15.9 Å². The van der Waals surface area contributed by atoms with Crippen LogP contribution in [0.1, 0.15) is 38.7 Å². The molecule has 2 heterocycles. The van der Waals surface area contributed by atoms with Gasteiger partial charge < -0.3 is 9.64 Å². The normalized spacial score (nSPS) is 20.1. The lowest BCUT2D eigenvalue weighted by molar-refractivity contribution is -0.149. The second kappa shape index (κ2) is 8.51. The Morgan fingerprint density at radius 1 is 1.25 bits per heavy atom. The molecule has 0 bridgehead atoms. The number of ether oxygens (including phenoxy) is 1. The lowest BCUT2D eigenvalue weighted by Gasteiger charge is -2.31. The van der Waals surface area contributed by atoms with Crippen molar-refractivity contribution in [2.75, 3.05) is 31.1 Å². The SMILES string of the molecule is CCOC(=O)C1CCCN(S(=O)(=O)c2cc3c(cc2Br)CCN3C(=O)CC)C1. The monoisotopic (exact) mass is 472 g/mol. The van der Waals surface area contributed by atoms with Crippen LogP contribution < -0.4 is 4.90 Å². The molecule has 0 N–H and O–H groups in total. The zero-order chi connectivity index (χ0) is 20.5. The molecule has 0 aliphatic carbocycles. The number of halogens is 1. The fraction of sp³-hybridized carbons (Fsp3) is 0.579. The van der Waals surface area contributed by atoms with Crippen molar-refractivity contribution in [2.24, 2.45) is 5.92 Å². The maximum absolute atomic E-state index is 13.3. The average Bonchev–Trinajstić information content (AvgIpc) is 3.09. The van der Waals surface area contributed by atoms with E-state index in [4.69, 9.17) is 4.74 Å². The molecule has 1 saturated heterocycles. The molecule has 1 amide bonds. The lowest BCUT2D eigenvalue weighted by atomic mass is 10.0. The van der Waals surface area contributed by atoms with Crippen molar-refractivity contribution >= 4 is 43.5 Å². The van der Waals surface area contributed by atoms with Crippen molar-refractivity contribution in [3.63, 3.8) is 0 Å². The summed E-state index contributed by atoms with van der Waals surface area (Å²) in [7, 11) is -3.81. The quantitative estimate of drug-likeness (QED) is 0.615. The molecular formula is C19H25BrN2O5S. The maximum Gasteiger partial charge on any atom is 0.310 e. The fourth-order valence-corrected chi connectivity index (χ4v) is 6.38. The third kappa shape index (κ3) is 3.97. The van der Waals surface area contributed by atoms with E-state index in [0.29, 0.717) is 48.9 Å². The first-order chi connectivity index (χ1) is 13.3. The summed E-state index contributed by atoms with van der Waals surface area (Å²) < 4.78 is 33.5. The largest absolute Gasteiger partial charge is 0.466 e. The molecule has 1 aromatic carbocycles. The van der Waals surface area contributed by atoms with Crippen LogP contribution in [0.3, 0.4) is 0 Å². The van der Waals surface area contributed by atoms with Crippen molar-refractivity contribution < 1.29 is 22.7 Å². The molecule has 154 valence electrons. The van der Waals surface area contributed by atoms with Gasteiger partial charge in [-0.3, -0.25) is 9.59 Å². The number of hydrogen-bond donors (Lipinski definition) is 0. The summed E-state index contributed by atoms with van der Waals surface area (Å²) in [6, 6.07) is 3.38. The van der Waals surface area contributed by atoms with Gasteiger partial charge in [0.2, 0.25) is 15.9 Å². The van der Waals surface area contributed by atoms with Gasteiger partial charge in [-0.25, -0.2) is 8.42 Å². The predicted molar refractivity (Wildman–Crippen MR) is 109 cm³/mol. The topological polar surface area (TPSA) is 84.0 Å². The first kappa shape index (κ1) is 21.3. The first-order valence-electron chi connectivity index (χ1n) is 9.59. The van der Waals surface area contributed by atoms with E-state index in [0.717, 1.165) is 5.56 Å². The van der Waals surface area contributed by atoms with E-state index in [1.807, 2.05) is 0 Å². The van der Waals surface area contributed by atoms with Gasteiger partial charge in [0.15, 0.2) is 0 Å². The highest BCUT2D eigenvalue weighted by molar-refractivity contribution is 9.10. The standard InChI is InChI=1S/C19H25BrN2O5S/c1-3-18(23)22-9-7-13-10-15(20)17(11-16(13)22)28(25,26)21-8-5-6-14(12-21)19(24)27-4-2/h10-11,14H,3-9,12H2,1-2H3. The molecule has 28 heavy (non-hydrogen) atoms. The zero-order valence-corrected chi connectivity index (χ0v) is 18.5. The fourth-order valence-electron chi connectivity index (χ4n) is 3.79. The molecule has 9 heteroatoms. The number of rotatable bonds is 5. The Balaban J connectivity index is 1.92. The van der Waals surface area contributed by atoms with Gasteiger partial charge in [-0.1, -0.05) is 6.92 Å². The van der Waals surface area contributed by atoms with Crippen molar-refractivity contribution in [3.8, 4) is 0 Å². The number of sulfonamides is 1. The van der Waals surface area contributed by atoms with Gasteiger partial charge in [-0.2, -0.15) is 4.31 Å². The Labute approximate surface area is 174 Å². The summed E-state index contributed by atoms with van der Waals surface area (Å²) in [5.74, 6) is -0.824. The van der Waals surface area contributed by atoms with Crippen LogP contribution in [0.2, 0.25) is 0 Å². The number of fused-ring (bicyclic) bond motifs is 1. The van der Waals surface area contributed by atoms with Gasteiger partial charge in [0, 0.05) is 36.2 Å². The van der Waals surface area contributed by atoms with Crippen molar-refractivity contribution in [3.05, 3.63) is 22.2 Å². The van der Waals surface area contributed by atoms with Crippen molar-refractivity contribution in [1.82, 2.24) is 4.31 Å². The number of nitrogens with zero attached hydrogens (tertiary/aromatic N) is 2. The Morgan fingerprint density at radius 2 is 2.00 bits per heavy atom. The molecule has 0 aromatic heterocycles. The molecule has 0 saturated carbocycles. The van der Waals surface area contributed by atoms with E-state index >= 15 is 0 Å². The summed E-state index contributed by atoms with van der Waals surface area (Å²) in [6.45, 7) is 4.84. The summed E-state index contributed by atoms with van der Waals surface area (Å²) in [6.07, 6.45) is 2.29. The molecule has 0 spiro atoms. The van der Waals surface area contributed by atoms with Crippen LogP contribution in [0.5, 0.6) is 0 Å². The Kier molecular flexibility index (Phi) is 6.46. The molecule has 2 aliphatic heterocycles. The zero-order valence-electron chi connectivity index (χ0n) is 16.1. The molecule has 1 atom stereocenters. The molecule has 0 radical (unpaired) electrons. The van der Waals surface area contributed by atoms with Crippen LogP contribution in [0.15, 0.2) is 21.5 Å². The van der Waals surface area contributed by atoms with Crippen molar-refractivity contribution in [2.45, 2.75) is 44.4 Å². The van der Waals surface area contributed by atoms with Crippen LogP contribution in [-0.4, -0.2) is 50.8 Å². The molecule has 1 fully saturated rings. The van der Waals surface area contributed by atoms with Gasteiger partial charge in [0.05, 0.1) is 17.4 Å². The highest BCUT2D eigenvalue weighted by atomic mass is 79.9. The number of esters is 1. The summed E-state index contributed by atoms with van der Waals surface area (Å²) >= 11 is 3.39. The van der Waals surface area contributed by atoms with Crippen LogP contribution >= 0.6 is 15.9 Å². The van der Waals surface area contributed by atoms with Crippen molar-refractivity contribution in [1.29, 1.82) is 0 Å². The van der Waals surface area contributed by atoms with Crippen LogP contribution in [0, 0.1) is 5.92 Å². The number of carbonyl (C=O) groups excluding carboxylic acids is 2. The van der Waals surface area contributed by atoms with Gasteiger partial charge in [0.25, 0.3) is 0 Å². The predicted octanol–water partition coefficient (Wildman–Crippen LogP) is 2.71. The smallest absolute Gasteiger partial charge is 0.310 e. The Hall–Kier alpha value is -1.45. The number of carbonyl (C=O) groups is 2. The molecule has 7 nitrogen and oxygen atoms in total. The molecule has 2 aliphatic rings. The Morgan fingerprint density at radius 3 is 2.68 bits per heavy atom. The van der Waals surface area contributed by atoms with Gasteiger partial charge in [0.1, 0.15) is 0 Å². The number of piperidine rings is 1. The third-order valence-corrected chi connectivity index (χ3v) is 8.08. The van der Waals surface area contributed by atoms with E-state index in [9.17, 15) is 18.0 Å². The molecule has 1 unspecified atom stereocenters. The van der Waals surface area contributed by atoms with E-state index in [-0.39, 0.29) is 29.9 Å². The minimum Gasteiger partial charge on any atom is -0.466 e. The Bertz CT molecular complexity index is 887. The van der Waals surface area contributed by atoms with Gasteiger partial charge in [-0.15, -0.1) is 0 Å². The average molecular weight is 473 g/mol. The van der Waals surface area contributed by atoms with Crippen LogP contribution in [-0.2, 0) is 30.8 Å². The minimum absolute atomic E-state index is 0.0234. The second-order valence-electron chi connectivity index (χ2n) is 7.01. The molecule has 1 aromatic rings. The van der Waals surface area contributed by atoms with E-state index < -0.39 is 15.9 Å². The van der Waals surface area contributed by atoms with E-state index in [1.165, 1.54) is 4.31 Å². The van der Waals surface area contributed by atoms with Crippen LogP contribution in [0.25, 0.3) is 0 Å². The summed E-state index contributed by atoms with van der Waals surface area (Å²) in [5.41, 5.74) is 1.61. The highest BCUT2D eigenvalue weighted by Gasteiger charge is 2.36. The minimum atomic E-state index is -3.81. The lowest BCUT2D eigenvalue weighted by Crippen LogP contribution is -2.42.